The second-order valence-electron chi connectivity index (χ2n) is 5.16. The van der Waals surface area contributed by atoms with E-state index in [0.717, 1.165) is 11.1 Å². The number of amides is 1. The number of phenols is 1. The van der Waals surface area contributed by atoms with E-state index in [0.29, 0.717) is 11.4 Å². The summed E-state index contributed by atoms with van der Waals surface area (Å²) >= 11 is 0. The molecule has 2 rings (SSSR count). The van der Waals surface area contributed by atoms with E-state index in [1.807, 2.05) is 44.2 Å². The molecule has 1 amide bonds. The van der Waals surface area contributed by atoms with Gasteiger partial charge in [-0.25, -0.2) is 0 Å². The van der Waals surface area contributed by atoms with Crippen LogP contribution in [0.4, 0.5) is 11.4 Å². The fourth-order valence-electron chi connectivity index (χ4n) is 1.98. The quantitative estimate of drug-likeness (QED) is 0.459. The first-order valence-corrected chi connectivity index (χ1v) is 7.04. The summed E-state index contributed by atoms with van der Waals surface area (Å²) < 4.78 is 0. The van der Waals surface area contributed by atoms with Gasteiger partial charge >= 0.3 is 0 Å². The molecule has 3 N–H and O–H groups in total. The number of carbonyl (C=O) groups excluding carboxylic acids is 1. The second kappa shape index (κ2) is 7.14. The molecule has 0 aliphatic rings. The van der Waals surface area contributed by atoms with Crippen molar-refractivity contribution >= 4 is 17.3 Å². The van der Waals surface area contributed by atoms with Crippen LogP contribution in [-0.2, 0) is 4.79 Å². The van der Waals surface area contributed by atoms with Crippen molar-refractivity contribution in [3.05, 3.63) is 65.4 Å². The Morgan fingerprint density at radius 1 is 1.17 bits per heavy atom. The van der Waals surface area contributed by atoms with Crippen molar-refractivity contribution in [2.45, 2.75) is 13.8 Å². The number of hydrogen-bond donors (Lipinski definition) is 3. The average molecular weight is 307 g/mol. The summed E-state index contributed by atoms with van der Waals surface area (Å²) in [5.74, 6) is -0.463. The highest BCUT2D eigenvalue weighted by Gasteiger charge is 2.10. The predicted octanol–water partition coefficient (Wildman–Crippen LogP) is 3.47. The van der Waals surface area contributed by atoms with Gasteiger partial charge in [0.1, 0.15) is 17.4 Å². The van der Waals surface area contributed by atoms with Crippen molar-refractivity contribution < 1.29 is 9.90 Å². The normalized spacial score (nSPS) is 10.7. The van der Waals surface area contributed by atoms with Crippen LogP contribution < -0.4 is 10.6 Å². The number of phenolic OH excluding ortho intramolecular Hbond substituents is 1. The van der Waals surface area contributed by atoms with Crippen LogP contribution >= 0.6 is 0 Å². The summed E-state index contributed by atoms with van der Waals surface area (Å²) in [5.41, 5.74) is 2.87. The predicted molar refractivity (Wildman–Crippen MR) is 90.0 cm³/mol. The maximum atomic E-state index is 12.1. The van der Waals surface area contributed by atoms with E-state index in [2.05, 4.69) is 10.6 Å². The monoisotopic (exact) mass is 307 g/mol. The van der Waals surface area contributed by atoms with Gasteiger partial charge in [0, 0.05) is 11.9 Å². The van der Waals surface area contributed by atoms with E-state index >= 15 is 0 Å². The summed E-state index contributed by atoms with van der Waals surface area (Å²) in [4.78, 5) is 12.1. The number of carbonyl (C=O) groups is 1. The van der Waals surface area contributed by atoms with Crippen LogP contribution in [0.1, 0.15) is 11.1 Å². The van der Waals surface area contributed by atoms with E-state index in [1.54, 1.807) is 18.2 Å². The molecule has 0 aromatic heterocycles. The summed E-state index contributed by atoms with van der Waals surface area (Å²) in [6, 6.07) is 14.2. The first-order valence-electron chi connectivity index (χ1n) is 7.04. The number of aryl methyl sites for hydroxylation is 2. The third-order valence-corrected chi connectivity index (χ3v) is 3.17. The zero-order valence-electron chi connectivity index (χ0n) is 12.9. The molecule has 0 bridgehead atoms. The molecule has 116 valence electrons. The third kappa shape index (κ3) is 4.35. The molecular weight excluding hydrogens is 290 g/mol. The molecule has 0 saturated heterocycles. The maximum Gasteiger partial charge on any atom is 0.267 e. The van der Waals surface area contributed by atoms with E-state index in [-0.39, 0.29) is 11.3 Å². The maximum absolute atomic E-state index is 12.1. The van der Waals surface area contributed by atoms with Crippen LogP contribution in [0.2, 0.25) is 0 Å². The number of aromatic hydroxyl groups is 1. The van der Waals surface area contributed by atoms with E-state index in [1.165, 1.54) is 6.20 Å². The number of rotatable bonds is 4. The van der Waals surface area contributed by atoms with Gasteiger partial charge in [0.25, 0.3) is 5.91 Å². The average Bonchev–Trinajstić information content (AvgIpc) is 2.49. The molecule has 0 aliphatic carbocycles. The van der Waals surface area contributed by atoms with E-state index in [4.69, 9.17) is 5.26 Å². The lowest BCUT2D eigenvalue weighted by Gasteiger charge is -2.07. The zero-order valence-corrected chi connectivity index (χ0v) is 12.9. The van der Waals surface area contributed by atoms with Gasteiger partial charge in [-0.1, -0.05) is 18.2 Å². The molecular formula is C18H17N3O2. The summed E-state index contributed by atoms with van der Waals surface area (Å²) in [6.45, 7) is 3.77. The highest BCUT2D eigenvalue weighted by Crippen LogP contribution is 2.24. The van der Waals surface area contributed by atoms with Crippen molar-refractivity contribution in [1.82, 2.24) is 0 Å². The Balaban J connectivity index is 2.12. The fraction of sp³-hybridized carbons (Fsp3) is 0.111. The Morgan fingerprint density at radius 3 is 2.57 bits per heavy atom. The molecule has 23 heavy (non-hydrogen) atoms. The molecule has 0 unspecified atom stereocenters. The molecule has 0 atom stereocenters. The van der Waals surface area contributed by atoms with Gasteiger partial charge in [-0.15, -0.1) is 0 Å². The van der Waals surface area contributed by atoms with Crippen LogP contribution in [0, 0.1) is 25.2 Å². The van der Waals surface area contributed by atoms with Crippen LogP contribution in [0.25, 0.3) is 0 Å². The molecule has 5 nitrogen and oxygen atoms in total. The molecule has 5 heteroatoms. The van der Waals surface area contributed by atoms with Gasteiger partial charge in [0.2, 0.25) is 0 Å². The molecule has 0 radical (unpaired) electrons. The number of benzene rings is 2. The molecule has 2 aromatic carbocycles. The van der Waals surface area contributed by atoms with Gasteiger partial charge in [0.15, 0.2) is 0 Å². The number of nitrogens with zero attached hydrogens (tertiary/aromatic N) is 1. The molecule has 0 aliphatic heterocycles. The largest absolute Gasteiger partial charge is 0.506 e. The Labute approximate surface area is 134 Å². The molecule has 0 spiro atoms. The highest BCUT2D eigenvalue weighted by molar-refractivity contribution is 6.06. The first kappa shape index (κ1) is 16.1. The van der Waals surface area contributed by atoms with Gasteiger partial charge in [-0.3, -0.25) is 4.79 Å². The Morgan fingerprint density at radius 2 is 1.91 bits per heavy atom. The summed E-state index contributed by atoms with van der Waals surface area (Å²) in [5, 5.41) is 24.4. The van der Waals surface area contributed by atoms with Crippen LogP contribution in [-0.4, -0.2) is 11.0 Å². The minimum absolute atomic E-state index is 0.0534. The Hall–Kier alpha value is -3.26. The second-order valence-corrected chi connectivity index (χ2v) is 5.16. The number of anilines is 2. The number of hydrogen-bond acceptors (Lipinski definition) is 4. The van der Waals surface area contributed by atoms with Crippen LogP contribution in [0.15, 0.2) is 54.2 Å². The van der Waals surface area contributed by atoms with Gasteiger partial charge < -0.3 is 15.7 Å². The van der Waals surface area contributed by atoms with Gasteiger partial charge in [0.05, 0.1) is 5.69 Å². The number of nitriles is 1. The minimum atomic E-state index is -0.516. The molecule has 2 aromatic rings. The molecule has 0 saturated carbocycles. The van der Waals surface area contributed by atoms with Crippen molar-refractivity contribution in [2.75, 3.05) is 10.6 Å². The Kier molecular flexibility index (Phi) is 5.00. The topological polar surface area (TPSA) is 85.2 Å². The first-order chi connectivity index (χ1) is 11.0. The fourth-order valence-corrected chi connectivity index (χ4v) is 1.98. The van der Waals surface area contributed by atoms with Crippen LogP contribution in [0.3, 0.4) is 0 Å². The number of nitrogens with one attached hydrogen (secondary N) is 2. The zero-order chi connectivity index (χ0) is 16.8. The standard InChI is InChI=1S/C18H17N3O2/c1-12-4-3-5-15(8-12)21-18(23)14(10-19)11-20-16-7-6-13(2)9-17(16)22/h3-9,11,20,22H,1-2H3,(H,21,23)/b14-11-. The SMILES string of the molecule is Cc1cccc(NC(=O)/C(C#N)=C\Nc2ccc(C)cc2O)c1. The van der Waals surface area contributed by atoms with Crippen molar-refractivity contribution in [2.24, 2.45) is 0 Å². The molecule has 0 fully saturated rings. The lowest BCUT2D eigenvalue weighted by molar-refractivity contribution is -0.112. The van der Waals surface area contributed by atoms with Crippen LogP contribution in [0.5, 0.6) is 5.75 Å². The van der Waals surface area contributed by atoms with E-state index < -0.39 is 5.91 Å². The smallest absolute Gasteiger partial charge is 0.267 e. The Bertz CT molecular complexity index is 804. The summed E-state index contributed by atoms with van der Waals surface area (Å²) in [6.07, 6.45) is 1.27. The highest BCUT2D eigenvalue weighted by atomic mass is 16.3. The van der Waals surface area contributed by atoms with E-state index in [9.17, 15) is 9.90 Å². The lowest BCUT2D eigenvalue weighted by atomic mass is 10.2. The third-order valence-electron chi connectivity index (χ3n) is 3.17. The minimum Gasteiger partial charge on any atom is -0.506 e. The summed E-state index contributed by atoms with van der Waals surface area (Å²) in [7, 11) is 0. The van der Waals surface area contributed by atoms with Crippen molar-refractivity contribution in [3.8, 4) is 11.8 Å². The van der Waals surface area contributed by atoms with Crippen molar-refractivity contribution in [1.29, 1.82) is 5.26 Å². The van der Waals surface area contributed by atoms with Gasteiger partial charge in [-0.05, 0) is 49.2 Å². The van der Waals surface area contributed by atoms with Crippen molar-refractivity contribution in [3.63, 3.8) is 0 Å². The lowest BCUT2D eigenvalue weighted by Crippen LogP contribution is -2.14. The van der Waals surface area contributed by atoms with Gasteiger partial charge in [-0.2, -0.15) is 5.26 Å². The molecule has 0 heterocycles.